The summed E-state index contributed by atoms with van der Waals surface area (Å²) < 4.78 is 0. The molecule has 3 atom stereocenters. The first-order chi connectivity index (χ1) is 7.14. The molecule has 0 amide bonds. The van der Waals surface area contributed by atoms with Crippen molar-refractivity contribution in [1.82, 2.24) is 0 Å². The number of hydrogen-bond acceptors (Lipinski definition) is 2. The third kappa shape index (κ3) is 1.69. The van der Waals surface area contributed by atoms with Crippen molar-refractivity contribution in [2.75, 3.05) is 6.61 Å². The Morgan fingerprint density at radius 1 is 1.53 bits per heavy atom. The van der Waals surface area contributed by atoms with Crippen LogP contribution in [0.3, 0.4) is 0 Å². The highest BCUT2D eigenvalue weighted by molar-refractivity contribution is 6.44. The lowest BCUT2D eigenvalue weighted by Crippen LogP contribution is -2.17. The maximum absolute atomic E-state index is 9.18. The lowest BCUT2D eigenvalue weighted by atomic mass is 9.83. The van der Waals surface area contributed by atoms with E-state index in [9.17, 15) is 5.26 Å². The Balaban J connectivity index is 2.19. The minimum Gasteiger partial charge on any atom is -0.396 e. The van der Waals surface area contributed by atoms with Crippen LogP contribution in [0.25, 0.3) is 0 Å². The predicted octanol–water partition coefficient (Wildman–Crippen LogP) is 2.77. The Morgan fingerprint density at radius 2 is 2.27 bits per heavy atom. The van der Waals surface area contributed by atoms with Gasteiger partial charge in [0.1, 0.15) is 0 Å². The molecule has 0 heterocycles. The molecule has 0 bridgehead atoms. The summed E-state index contributed by atoms with van der Waals surface area (Å²) in [6, 6.07) is 2.32. The summed E-state index contributed by atoms with van der Waals surface area (Å²) in [5, 5.41) is 19.3. The number of halogens is 2. The molecule has 1 fully saturated rings. The summed E-state index contributed by atoms with van der Waals surface area (Å²) >= 11 is 11.8. The number of hydrogen-bond donors (Lipinski definition) is 1. The van der Waals surface area contributed by atoms with Crippen LogP contribution in [0.4, 0.5) is 0 Å². The van der Waals surface area contributed by atoms with Gasteiger partial charge >= 0.3 is 0 Å². The molecule has 0 radical (unpaired) electrons. The van der Waals surface area contributed by atoms with Crippen LogP contribution in [0.5, 0.6) is 0 Å². The second-order valence-electron chi connectivity index (χ2n) is 4.14. The molecule has 2 aliphatic rings. The topological polar surface area (TPSA) is 44.0 Å². The van der Waals surface area contributed by atoms with Crippen molar-refractivity contribution >= 4 is 23.2 Å². The van der Waals surface area contributed by atoms with E-state index in [1.807, 2.05) is 12.2 Å². The van der Waals surface area contributed by atoms with E-state index in [1.54, 1.807) is 0 Å². The molecule has 2 rings (SSSR count). The fourth-order valence-corrected chi connectivity index (χ4v) is 2.64. The smallest absolute Gasteiger partial charge is 0.0700 e. The Labute approximate surface area is 98.8 Å². The van der Waals surface area contributed by atoms with Crippen molar-refractivity contribution in [3.8, 4) is 6.07 Å². The van der Waals surface area contributed by atoms with E-state index >= 15 is 0 Å². The number of aliphatic hydroxyl groups excluding tert-OH is 1. The summed E-state index contributed by atoms with van der Waals surface area (Å²) in [7, 11) is 0. The lowest BCUT2D eigenvalue weighted by molar-refractivity contribution is 0.248. The molecule has 2 aliphatic carbocycles. The Hall–Kier alpha value is -0.490. The van der Waals surface area contributed by atoms with Gasteiger partial charge in [-0.2, -0.15) is 5.26 Å². The highest BCUT2D eigenvalue weighted by Gasteiger charge is 2.58. The van der Waals surface area contributed by atoms with E-state index in [2.05, 4.69) is 6.07 Å². The molecule has 0 aromatic rings. The highest BCUT2D eigenvalue weighted by atomic mass is 35.5. The monoisotopic (exact) mass is 243 g/mol. The van der Waals surface area contributed by atoms with E-state index in [0.29, 0.717) is 10.1 Å². The van der Waals surface area contributed by atoms with E-state index in [0.717, 1.165) is 12.8 Å². The lowest BCUT2D eigenvalue weighted by Gasteiger charge is -2.21. The van der Waals surface area contributed by atoms with Gasteiger partial charge in [-0.25, -0.2) is 0 Å². The molecule has 2 nitrogen and oxygen atoms in total. The zero-order valence-electron chi connectivity index (χ0n) is 8.08. The number of allylic oxidation sites excluding steroid dienone is 4. The second kappa shape index (κ2) is 3.83. The zero-order chi connectivity index (χ0) is 11.1. The van der Waals surface area contributed by atoms with Gasteiger partial charge in [0.2, 0.25) is 0 Å². The van der Waals surface area contributed by atoms with E-state index in [1.165, 1.54) is 0 Å². The largest absolute Gasteiger partial charge is 0.396 e. The third-order valence-electron chi connectivity index (χ3n) is 3.37. The number of nitriles is 1. The summed E-state index contributed by atoms with van der Waals surface area (Å²) in [4.78, 5) is 0. The maximum atomic E-state index is 9.18. The summed E-state index contributed by atoms with van der Waals surface area (Å²) in [5.74, 6) is 0.188. The molecule has 1 saturated carbocycles. The van der Waals surface area contributed by atoms with E-state index in [-0.39, 0.29) is 18.4 Å². The van der Waals surface area contributed by atoms with Crippen LogP contribution < -0.4 is 0 Å². The van der Waals surface area contributed by atoms with Crippen LogP contribution >= 0.6 is 23.2 Å². The average Bonchev–Trinajstić information content (AvgIpc) is 2.97. The molecule has 0 aliphatic heterocycles. The average molecular weight is 244 g/mol. The molecule has 2 unspecified atom stereocenters. The van der Waals surface area contributed by atoms with Gasteiger partial charge < -0.3 is 5.11 Å². The minimum atomic E-state index is -0.414. The van der Waals surface area contributed by atoms with Gasteiger partial charge in [-0.1, -0.05) is 35.4 Å². The first kappa shape index (κ1) is 11.0. The van der Waals surface area contributed by atoms with Crippen molar-refractivity contribution in [3.63, 3.8) is 0 Å². The Bertz CT molecular complexity index is 383. The summed E-state index contributed by atoms with van der Waals surface area (Å²) in [6.07, 6.45) is 5.19. The Kier molecular flexibility index (Phi) is 2.81. The standard InChI is InChI=1S/C11H11Cl2NO/c12-9-2-1-7(3-10(9)13)11(6-14)4-8(11)5-15/h2-3,7-8,15H,1,4-5H2/t7?,8?,11-/m0/s1. The van der Waals surface area contributed by atoms with Crippen molar-refractivity contribution < 1.29 is 5.11 Å². The van der Waals surface area contributed by atoms with E-state index < -0.39 is 5.41 Å². The quantitative estimate of drug-likeness (QED) is 0.811. The fraction of sp³-hybridized carbons (Fsp3) is 0.545. The van der Waals surface area contributed by atoms with Crippen LogP contribution in [0.2, 0.25) is 0 Å². The molecular weight excluding hydrogens is 233 g/mol. The van der Waals surface area contributed by atoms with Crippen molar-refractivity contribution in [2.24, 2.45) is 17.3 Å². The molecule has 1 N–H and O–H groups in total. The van der Waals surface area contributed by atoms with Crippen LogP contribution in [0, 0.1) is 28.6 Å². The SMILES string of the molecule is N#C[C@]1(C2C=C(Cl)C(Cl)=CC2)CC1CO. The summed E-state index contributed by atoms with van der Waals surface area (Å²) in [6.45, 7) is 0.0764. The predicted molar refractivity (Wildman–Crippen MR) is 59.2 cm³/mol. The molecule has 0 spiro atoms. The fourth-order valence-electron chi connectivity index (χ4n) is 2.26. The molecule has 0 aromatic carbocycles. The maximum Gasteiger partial charge on any atom is 0.0700 e. The first-order valence-corrected chi connectivity index (χ1v) is 5.65. The summed E-state index contributed by atoms with van der Waals surface area (Å²) in [5.41, 5.74) is -0.414. The molecule has 0 saturated heterocycles. The van der Waals surface area contributed by atoms with Crippen molar-refractivity contribution in [2.45, 2.75) is 12.8 Å². The van der Waals surface area contributed by atoms with Gasteiger partial charge in [-0.15, -0.1) is 0 Å². The van der Waals surface area contributed by atoms with Gasteiger partial charge in [0.05, 0.1) is 21.5 Å². The molecule has 4 heteroatoms. The molecule has 15 heavy (non-hydrogen) atoms. The minimum absolute atomic E-state index is 0.0764. The first-order valence-electron chi connectivity index (χ1n) is 4.89. The van der Waals surface area contributed by atoms with Gasteiger partial charge in [-0.3, -0.25) is 0 Å². The van der Waals surface area contributed by atoms with Crippen molar-refractivity contribution in [1.29, 1.82) is 5.26 Å². The van der Waals surface area contributed by atoms with Crippen LogP contribution in [0.1, 0.15) is 12.8 Å². The van der Waals surface area contributed by atoms with Gasteiger partial charge in [-0.05, 0) is 12.8 Å². The van der Waals surface area contributed by atoms with E-state index in [4.69, 9.17) is 28.3 Å². The van der Waals surface area contributed by atoms with Gasteiger partial charge in [0.15, 0.2) is 0 Å². The van der Waals surface area contributed by atoms with Crippen molar-refractivity contribution in [3.05, 3.63) is 22.2 Å². The highest BCUT2D eigenvalue weighted by Crippen LogP contribution is 2.59. The number of aliphatic hydroxyl groups is 1. The number of nitrogens with zero attached hydrogens (tertiary/aromatic N) is 1. The Morgan fingerprint density at radius 3 is 2.73 bits per heavy atom. The van der Waals surface area contributed by atoms with Crippen LogP contribution in [0.15, 0.2) is 22.2 Å². The molecule has 0 aromatic heterocycles. The van der Waals surface area contributed by atoms with Crippen LogP contribution in [-0.4, -0.2) is 11.7 Å². The molecular formula is C11H11Cl2NO. The zero-order valence-corrected chi connectivity index (χ0v) is 9.59. The van der Waals surface area contributed by atoms with Gasteiger partial charge in [0.25, 0.3) is 0 Å². The van der Waals surface area contributed by atoms with Gasteiger partial charge in [0, 0.05) is 18.4 Å². The third-order valence-corrected chi connectivity index (χ3v) is 4.15. The van der Waals surface area contributed by atoms with Crippen LogP contribution in [-0.2, 0) is 0 Å². The number of rotatable bonds is 2. The molecule has 80 valence electrons. The second-order valence-corrected chi connectivity index (χ2v) is 4.96. The normalized spacial score (nSPS) is 39.1.